The van der Waals surface area contributed by atoms with Crippen LogP contribution in [0.5, 0.6) is 0 Å². The van der Waals surface area contributed by atoms with E-state index in [1.165, 1.54) is 19.3 Å². The maximum absolute atomic E-state index is 10.6. The first kappa shape index (κ1) is 12.3. The monoisotopic (exact) mass is 210 g/mol. The second-order valence-electron chi connectivity index (χ2n) is 3.05. The molecule has 0 bridgehead atoms. The topological polar surface area (TPSA) is 34.1 Å². The highest BCUT2D eigenvalue weighted by molar-refractivity contribution is 8.63. The van der Waals surface area contributed by atoms with Gasteiger partial charge in [-0.05, 0) is 18.1 Å². The minimum atomic E-state index is -3.02. The molecule has 0 fully saturated rings. The van der Waals surface area contributed by atoms with Crippen LogP contribution in [0, 0.1) is 0 Å². The molecule has 0 unspecified atom stereocenters. The Morgan fingerprint density at radius 2 is 1.50 bits per heavy atom. The highest BCUT2D eigenvalue weighted by atomic mass is 33.1. The number of unbranched alkanes of at least 4 members (excludes halogenated alkanes) is 5. The number of hydrogen-bond donors (Lipinski definition) is 1. The molecule has 2 nitrogen and oxygen atoms in total. The summed E-state index contributed by atoms with van der Waals surface area (Å²) in [5.41, 5.74) is 0. The van der Waals surface area contributed by atoms with E-state index in [-0.39, 0.29) is 5.75 Å². The van der Waals surface area contributed by atoms with Gasteiger partial charge in [-0.1, -0.05) is 39.0 Å². The molecule has 0 N–H and O–H groups in total. The van der Waals surface area contributed by atoms with E-state index in [4.69, 9.17) is 0 Å². The molecule has 0 aliphatic rings. The third-order valence-electron chi connectivity index (χ3n) is 1.76. The van der Waals surface area contributed by atoms with Crippen molar-refractivity contribution in [3.63, 3.8) is 0 Å². The Morgan fingerprint density at radius 1 is 1.00 bits per heavy atom. The zero-order chi connectivity index (χ0) is 9.45. The van der Waals surface area contributed by atoms with Crippen LogP contribution in [0.15, 0.2) is 0 Å². The Hall–Kier alpha value is 0.300. The van der Waals surface area contributed by atoms with Crippen LogP contribution in [0.3, 0.4) is 0 Å². The van der Waals surface area contributed by atoms with Crippen molar-refractivity contribution < 1.29 is 8.42 Å². The quantitative estimate of drug-likeness (QED) is 0.398. The molecule has 74 valence electrons. The molecule has 0 aromatic carbocycles. The van der Waals surface area contributed by atoms with Crippen LogP contribution >= 0.6 is 11.7 Å². The lowest BCUT2D eigenvalue weighted by Gasteiger charge is -1.98. The average Bonchev–Trinajstić information content (AvgIpc) is 1.94. The summed E-state index contributed by atoms with van der Waals surface area (Å²) >= 11 is 3.47. The molecule has 0 amide bonds. The fraction of sp³-hybridized carbons (Fsp3) is 1.00. The van der Waals surface area contributed by atoms with Crippen molar-refractivity contribution in [1.82, 2.24) is 0 Å². The molecule has 4 heteroatoms. The van der Waals surface area contributed by atoms with Gasteiger partial charge in [0.15, 0.2) is 8.87 Å². The molecule has 0 spiro atoms. The van der Waals surface area contributed by atoms with Gasteiger partial charge in [0, 0.05) is 0 Å². The molecule has 0 aliphatic heterocycles. The van der Waals surface area contributed by atoms with Gasteiger partial charge in [0.25, 0.3) is 0 Å². The molecule has 0 saturated heterocycles. The van der Waals surface area contributed by atoms with E-state index in [9.17, 15) is 8.42 Å². The van der Waals surface area contributed by atoms with Gasteiger partial charge in [-0.3, -0.25) is 0 Å². The maximum Gasteiger partial charge on any atom is 0.198 e. The van der Waals surface area contributed by atoms with Crippen molar-refractivity contribution in [1.29, 1.82) is 0 Å². The highest BCUT2D eigenvalue weighted by Gasteiger charge is 2.01. The van der Waals surface area contributed by atoms with E-state index < -0.39 is 8.87 Å². The summed E-state index contributed by atoms with van der Waals surface area (Å²) in [4.78, 5) is 0. The van der Waals surface area contributed by atoms with Crippen molar-refractivity contribution in [2.24, 2.45) is 0 Å². The summed E-state index contributed by atoms with van der Waals surface area (Å²) in [7, 11) is -3.02. The molecule has 0 aromatic heterocycles. The third kappa shape index (κ3) is 10.3. The lowest BCUT2D eigenvalue weighted by molar-refractivity contribution is 0.596. The van der Waals surface area contributed by atoms with Gasteiger partial charge >= 0.3 is 0 Å². The Labute approximate surface area is 80.5 Å². The minimum absolute atomic E-state index is 0.224. The molecule has 0 heterocycles. The predicted octanol–water partition coefficient (Wildman–Crippen LogP) is 2.61. The van der Waals surface area contributed by atoms with Crippen molar-refractivity contribution in [3.05, 3.63) is 0 Å². The lowest BCUT2D eigenvalue weighted by Crippen LogP contribution is -1.96. The summed E-state index contributed by atoms with van der Waals surface area (Å²) < 4.78 is 21.2. The summed E-state index contributed by atoms with van der Waals surface area (Å²) in [6.07, 6.45) is 6.63. The standard InChI is InChI=1S/C8H18O2S2/c1-2-3-4-5-6-7-8-12(9,10)11/h2-8H2,1H3,(H,9,10,11). The first-order chi connectivity index (χ1) is 5.56. The average molecular weight is 210 g/mol. The molecular formula is C8H18O2S2. The van der Waals surface area contributed by atoms with Gasteiger partial charge in [-0.15, -0.1) is 0 Å². The first-order valence-corrected chi connectivity index (χ1v) is 7.22. The molecular weight excluding hydrogens is 192 g/mol. The van der Waals surface area contributed by atoms with Crippen LogP contribution in [0.1, 0.15) is 45.4 Å². The Balaban J connectivity index is 3.12. The van der Waals surface area contributed by atoms with E-state index in [0.29, 0.717) is 0 Å². The zero-order valence-electron chi connectivity index (χ0n) is 7.62. The van der Waals surface area contributed by atoms with Crippen molar-refractivity contribution in [2.75, 3.05) is 5.75 Å². The Bertz CT molecular complexity index is 185. The van der Waals surface area contributed by atoms with Gasteiger partial charge in [0.2, 0.25) is 0 Å². The maximum atomic E-state index is 10.6. The van der Waals surface area contributed by atoms with E-state index in [0.717, 1.165) is 19.3 Å². The van der Waals surface area contributed by atoms with Gasteiger partial charge in [0.05, 0.1) is 5.75 Å². The molecule has 0 rings (SSSR count). The van der Waals surface area contributed by atoms with Gasteiger partial charge in [-0.2, -0.15) is 0 Å². The number of hydrogen-bond acceptors (Lipinski definition) is 2. The summed E-state index contributed by atoms with van der Waals surface area (Å²) in [5, 5.41) is 0. The van der Waals surface area contributed by atoms with Gasteiger partial charge in [0.1, 0.15) is 0 Å². The van der Waals surface area contributed by atoms with E-state index >= 15 is 0 Å². The Kier molecular flexibility index (Phi) is 6.95. The largest absolute Gasteiger partial charge is 0.218 e. The molecule has 0 aromatic rings. The predicted molar refractivity (Wildman–Crippen MR) is 56.1 cm³/mol. The van der Waals surface area contributed by atoms with Crippen molar-refractivity contribution in [2.45, 2.75) is 45.4 Å². The lowest BCUT2D eigenvalue weighted by atomic mass is 10.1. The van der Waals surface area contributed by atoms with Crippen LogP contribution in [0.25, 0.3) is 0 Å². The summed E-state index contributed by atoms with van der Waals surface area (Å²) in [6, 6.07) is 0. The van der Waals surface area contributed by atoms with Crippen LogP contribution in [0.2, 0.25) is 0 Å². The summed E-state index contributed by atoms with van der Waals surface area (Å²) in [6.45, 7) is 2.16. The van der Waals surface area contributed by atoms with Gasteiger partial charge in [-0.25, -0.2) is 8.42 Å². The molecule has 0 radical (unpaired) electrons. The Morgan fingerprint density at radius 3 is 2.00 bits per heavy atom. The third-order valence-corrected chi connectivity index (χ3v) is 3.11. The second kappa shape index (κ2) is 6.78. The van der Waals surface area contributed by atoms with E-state index in [2.05, 4.69) is 18.6 Å². The van der Waals surface area contributed by atoms with Crippen molar-refractivity contribution in [3.8, 4) is 0 Å². The van der Waals surface area contributed by atoms with E-state index in [1.807, 2.05) is 0 Å². The van der Waals surface area contributed by atoms with Crippen molar-refractivity contribution >= 4 is 20.5 Å². The molecule has 0 atom stereocenters. The normalized spacial score (nSPS) is 11.8. The highest BCUT2D eigenvalue weighted by Crippen LogP contribution is 2.07. The van der Waals surface area contributed by atoms with Gasteiger partial charge < -0.3 is 0 Å². The SMILES string of the molecule is CCCCCCCCS(=O)(=O)S. The fourth-order valence-electron chi connectivity index (χ4n) is 1.06. The minimum Gasteiger partial charge on any atom is -0.218 e. The molecule has 0 aliphatic carbocycles. The smallest absolute Gasteiger partial charge is 0.198 e. The summed E-state index contributed by atoms with van der Waals surface area (Å²) in [5.74, 6) is 0.224. The van der Waals surface area contributed by atoms with E-state index in [1.54, 1.807) is 0 Å². The van der Waals surface area contributed by atoms with Crippen LogP contribution in [-0.4, -0.2) is 14.2 Å². The van der Waals surface area contributed by atoms with Crippen LogP contribution in [0.4, 0.5) is 0 Å². The first-order valence-electron chi connectivity index (χ1n) is 4.51. The van der Waals surface area contributed by atoms with Crippen LogP contribution in [-0.2, 0) is 8.87 Å². The molecule has 12 heavy (non-hydrogen) atoms. The number of thiol groups is 1. The molecule has 0 saturated carbocycles. The van der Waals surface area contributed by atoms with Crippen LogP contribution < -0.4 is 0 Å². The zero-order valence-corrected chi connectivity index (χ0v) is 9.33. The fourth-order valence-corrected chi connectivity index (χ4v) is 2.02. The number of rotatable bonds is 7. The second-order valence-corrected chi connectivity index (χ2v) is 6.29.